The Labute approximate surface area is 147 Å². The third-order valence-electron chi connectivity index (χ3n) is 3.99. The van der Waals surface area contributed by atoms with Gasteiger partial charge in [-0.3, -0.25) is 4.79 Å². The van der Waals surface area contributed by atoms with Crippen molar-refractivity contribution in [1.29, 1.82) is 0 Å². The predicted molar refractivity (Wildman–Crippen MR) is 101 cm³/mol. The Hall–Kier alpha value is -3.07. The average molecular weight is 332 g/mol. The number of ketones is 1. The molecule has 0 fully saturated rings. The van der Waals surface area contributed by atoms with E-state index in [-0.39, 0.29) is 5.78 Å². The summed E-state index contributed by atoms with van der Waals surface area (Å²) < 4.78 is 10.9. The molecule has 3 rings (SSSR count). The summed E-state index contributed by atoms with van der Waals surface area (Å²) in [6.07, 6.45) is 3.41. The van der Waals surface area contributed by atoms with Crippen LogP contribution in [0.15, 0.2) is 66.7 Å². The first-order chi connectivity index (χ1) is 12.2. The van der Waals surface area contributed by atoms with Crippen LogP contribution >= 0.6 is 0 Å². The lowest BCUT2D eigenvalue weighted by molar-refractivity contribution is 0.104. The van der Waals surface area contributed by atoms with E-state index >= 15 is 0 Å². The van der Waals surface area contributed by atoms with Crippen LogP contribution in [0.4, 0.5) is 0 Å². The Bertz CT molecular complexity index is 925. The van der Waals surface area contributed by atoms with Gasteiger partial charge < -0.3 is 9.47 Å². The van der Waals surface area contributed by atoms with Gasteiger partial charge in [-0.05, 0) is 48.0 Å². The molecule has 25 heavy (non-hydrogen) atoms. The highest BCUT2D eigenvalue weighted by atomic mass is 16.5. The van der Waals surface area contributed by atoms with Crippen molar-refractivity contribution in [1.82, 2.24) is 0 Å². The van der Waals surface area contributed by atoms with E-state index in [9.17, 15) is 4.79 Å². The molecule has 3 aromatic rings. The van der Waals surface area contributed by atoms with Crippen molar-refractivity contribution in [2.75, 3.05) is 13.7 Å². The molecule has 3 aromatic carbocycles. The van der Waals surface area contributed by atoms with Gasteiger partial charge >= 0.3 is 0 Å². The number of rotatable bonds is 6. The Morgan fingerprint density at radius 2 is 1.88 bits per heavy atom. The molecule has 3 nitrogen and oxygen atoms in total. The second-order valence-corrected chi connectivity index (χ2v) is 5.56. The Balaban J connectivity index is 1.99. The van der Waals surface area contributed by atoms with Crippen molar-refractivity contribution >= 4 is 22.6 Å². The Morgan fingerprint density at radius 1 is 1.04 bits per heavy atom. The van der Waals surface area contributed by atoms with Crippen molar-refractivity contribution in [2.45, 2.75) is 6.92 Å². The molecule has 0 saturated heterocycles. The normalized spacial score (nSPS) is 11.0. The third kappa shape index (κ3) is 3.72. The fourth-order valence-electron chi connectivity index (χ4n) is 2.76. The van der Waals surface area contributed by atoms with Crippen molar-refractivity contribution < 1.29 is 14.3 Å². The number of benzene rings is 3. The molecule has 0 unspecified atom stereocenters. The Kier molecular flexibility index (Phi) is 5.14. The maximum absolute atomic E-state index is 12.5. The van der Waals surface area contributed by atoms with E-state index in [0.717, 1.165) is 22.1 Å². The summed E-state index contributed by atoms with van der Waals surface area (Å²) in [5.74, 6) is 1.37. The van der Waals surface area contributed by atoms with Gasteiger partial charge in [-0.1, -0.05) is 42.5 Å². The summed E-state index contributed by atoms with van der Waals surface area (Å²) in [6, 6.07) is 19.2. The number of hydrogen-bond donors (Lipinski definition) is 0. The monoisotopic (exact) mass is 332 g/mol. The SMILES string of the molecule is CCOc1ccc2ccccc2c1/C=C/C(=O)c1cccc(OC)c1. The lowest BCUT2D eigenvalue weighted by atomic mass is 10.0. The zero-order valence-corrected chi connectivity index (χ0v) is 14.4. The van der Waals surface area contributed by atoms with Gasteiger partial charge in [-0.15, -0.1) is 0 Å². The largest absolute Gasteiger partial charge is 0.497 e. The molecule has 0 atom stereocenters. The van der Waals surface area contributed by atoms with E-state index in [1.54, 1.807) is 25.3 Å². The van der Waals surface area contributed by atoms with Crippen LogP contribution in [0.5, 0.6) is 11.5 Å². The van der Waals surface area contributed by atoms with Crippen molar-refractivity contribution in [3.05, 3.63) is 77.9 Å². The van der Waals surface area contributed by atoms with E-state index in [0.29, 0.717) is 17.9 Å². The highest BCUT2D eigenvalue weighted by Gasteiger charge is 2.08. The Morgan fingerprint density at radius 3 is 2.68 bits per heavy atom. The maximum atomic E-state index is 12.5. The average Bonchev–Trinajstić information content (AvgIpc) is 2.67. The van der Waals surface area contributed by atoms with Gasteiger partial charge in [-0.2, -0.15) is 0 Å². The maximum Gasteiger partial charge on any atom is 0.185 e. The first-order valence-electron chi connectivity index (χ1n) is 8.24. The molecule has 3 heteroatoms. The second kappa shape index (κ2) is 7.67. The third-order valence-corrected chi connectivity index (χ3v) is 3.99. The molecule has 0 spiro atoms. The van der Waals surface area contributed by atoms with Crippen molar-refractivity contribution in [3.63, 3.8) is 0 Å². The van der Waals surface area contributed by atoms with E-state index in [1.165, 1.54) is 0 Å². The number of ether oxygens (including phenoxy) is 2. The van der Waals surface area contributed by atoms with Crippen LogP contribution in [0, 0.1) is 0 Å². The molecular weight excluding hydrogens is 312 g/mol. The molecule has 0 N–H and O–H groups in total. The molecule has 0 heterocycles. The second-order valence-electron chi connectivity index (χ2n) is 5.56. The molecule has 126 valence electrons. The molecule has 0 bridgehead atoms. The fraction of sp³-hybridized carbons (Fsp3) is 0.136. The van der Waals surface area contributed by atoms with Crippen LogP contribution in [-0.2, 0) is 0 Å². The number of methoxy groups -OCH3 is 1. The van der Waals surface area contributed by atoms with Crippen molar-refractivity contribution in [3.8, 4) is 11.5 Å². The first-order valence-corrected chi connectivity index (χ1v) is 8.24. The molecule has 0 aliphatic heterocycles. The molecule has 0 aliphatic carbocycles. The van der Waals surface area contributed by atoms with Gasteiger partial charge in [0.1, 0.15) is 11.5 Å². The highest BCUT2D eigenvalue weighted by molar-refractivity contribution is 6.08. The standard InChI is InChI=1S/C22H20O3/c1-3-25-22-14-11-16-7-4-5-10-19(16)20(22)12-13-21(23)17-8-6-9-18(15-17)24-2/h4-15H,3H2,1-2H3/b13-12+. The van der Waals surface area contributed by atoms with Gasteiger partial charge in [0.2, 0.25) is 0 Å². The number of allylic oxidation sites excluding steroid dienone is 1. The van der Waals surface area contributed by atoms with Crippen LogP contribution in [-0.4, -0.2) is 19.5 Å². The van der Waals surface area contributed by atoms with Crippen molar-refractivity contribution in [2.24, 2.45) is 0 Å². The molecule has 0 saturated carbocycles. The van der Waals surface area contributed by atoms with Gasteiger partial charge in [0, 0.05) is 11.1 Å². The number of fused-ring (bicyclic) bond motifs is 1. The van der Waals surface area contributed by atoms with Crippen LogP contribution in [0.2, 0.25) is 0 Å². The summed E-state index contributed by atoms with van der Waals surface area (Å²) in [6.45, 7) is 2.52. The topological polar surface area (TPSA) is 35.5 Å². The minimum absolute atomic E-state index is 0.0747. The molecule has 0 aliphatic rings. The molecule has 0 aromatic heterocycles. The zero-order chi connectivity index (χ0) is 17.6. The minimum atomic E-state index is -0.0747. The lowest BCUT2D eigenvalue weighted by Gasteiger charge is -2.10. The summed E-state index contributed by atoms with van der Waals surface area (Å²) in [5, 5.41) is 2.17. The number of carbonyl (C=O) groups excluding carboxylic acids is 1. The number of carbonyl (C=O) groups is 1. The van der Waals surface area contributed by atoms with E-state index in [2.05, 4.69) is 0 Å². The fourth-order valence-corrected chi connectivity index (χ4v) is 2.76. The summed E-state index contributed by atoms with van der Waals surface area (Å²) in [5.41, 5.74) is 1.50. The van der Waals surface area contributed by atoms with Crippen LogP contribution in [0.1, 0.15) is 22.8 Å². The summed E-state index contributed by atoms with van der Waals surface area (Å²) >= 11 is 0. The first kappa shape index (κ1) is 16.8. The zero-order valence-electron chi connectivity index (χ0n) is 14.4. The van der Waals surface area contributed by atoms with E-state index in [1.807, 2.05) is 61.5 Å². The summed E-state index contributed by atoms with van der Waals surface area (Å²) in [7, 11) is 1.59. The van der Waals surface area contributed by atoms with Gasteiger partial charge in [0.05, 0.1) is 13.7 Å². The smallest absolute Gasteiger partial charge is 0.185 e. The summed E-state index contributed by atoms with van der Waals surface area (Å²) in [4.78, 5) is 12.5. The van der Waals surface area contributed by atoms with Gasteiger partial charge in [0.15, 0.2) is 5.78 Å². The lowest BCUT2D eigenvalue weighted by Crippen LogP contribution is -1.97. The van der Waals surface area contributed by atoms with Crippen LogP contribution in [0.3, 0.4) is 0 Å². The van der Waals surface area contributed by atoms with E-state index in [4.69, 9.17) is 9.47 Å². The molecular formula is C22H20O3. The van der Waals surface area contributed by atoms with Crippen LogP contribution in [0.25, 0.3) is 16.8 Å². The molecule has 0 amide bonds. The minimum Gasteiger partial charge on any atom is -0.497 e. The predicted octanol–water partition coefficient (Wildman–Crippen LogP) is 5.14. The quantitative estimate of drug-likeness (QED) is 0.463. The van der Waals surface area contributed by atoms with Gasteiger partial charge in [0.25, 0.3) is 0 Å². The van der Waals surface area contributed by atoms with E-state index < -0.39 is 0 Å². The highest BCUT2D eigenvalue weighted by Crippen LogP contribution is 2.29. The molecule has 0 radical (unpaired) electrons. The van der Waals surface area contributed by atoms with Crippen LogP contribution < -0.4 is 9.47 Å². The van der Waals surface area contributed by atoms with Gasteiger partial charge in [-0.25, -0.2) is 0 Å². The number of hydrogen-bond acceptors (Lipinski definition) is 3.